The Morgan fingerprint density at radius 3 is 2.27 bits per heavy atom. The van der Waals surface area contributed by atoms with Crippen molar-refractivity contribution < 1.29 is 8.78 Å². The lowest BCUT2D eigenvalue weighted by atomic mass is 9.95. The molecule has 0 saturated heterocycles. The van der Waals surface area contributed by atoms with Crippen LogP contribution < -0.4 is 0 Å². The lowest BCUT2D eigenvalue weighted by Gasteiger charge is -2.13. The van der Waals surface area contributed by atoms with Crippen LogP contribution in [0.4, 0.5) is 8.78 Å². The van der Waals surface area contributed by atoms with Gasteiger partial charge in [-0.3, -0.25) is 0 Å². The SMILES string of the molecule is C[C@H]1CC(F)CC(F)[C@H](C)C1. The Morgan fingerprint density at radius 2 is 1.64 bits per heavy atom. The molecule has 1 saturated carbocycles. The Kier molecular flexibility index (Phi) is 2.85. The molecule has 4 atom stereocenters. The van der Waals surface area contributed by atoms with Gasteiger partial charge in [0.1, 0.15) is 12.3 Å². The topological polar surface area (TPSA) is 0 Å². The molecular weight excluding hydrogens is 146 g/mol. The molecule has 0 aromatic rings. The number of hydrogen-bond donors (Lipinski definition) is 0. The fraction of sp³-hybridized carbons (Fsp3) is 1.00. The van der Waals surface area contributed by atoms with Crippen LogP contribution in [0.25, 0.3) is 0 Å². The van der Waals surface area contributed by atoms with E-state index in [1.54, 1.807) is 0 Å². The van der Waals surface area contributed by atoms with Crippen LogP contribution >= 0.6 is 0 Å². The van der Waals surface area contributed by atoms with E-state index in [4.69, 9.17) is 0 Å². The monoisotopic (exact) mass is 162 g/mol. The standard InChI is InChI=1S/C9H16F2/c1-6-3-7(2)9(11)5-8(10)4-6/h6-9H,3-5H2,1-2H3/t6-,7-,8?,9?/m1/s1. The highest BCUT2D eigenvalue weighted by molar-refractivity contribution is 4.78. The van der Waals surface area contributed by atoms with E-state index in [0.29, 0.717) is 12.3 Å². The first-order valence-electron chi connectivity index (χ1n) is 4.37. The van der Waals surface area contributed by atoms with Crippen molar-refractivity contribution in [1.82, 2.24) is 0 Å². The van der Waals surface area contributed by atoms with Crippen LogP contribution in [0.2, 0.25) is 0 Å². The average molecular weight is 162 g/mol. The Hall–Kier alpha value is -0.140. The first kappa shape index (κ1) is 8.95. The van der Waals surface area contributed by atoms with Crippen molar-refractivity contribution in [2.45, 2.75) is 45.5 Å². The Bertz CT molecular complexity index is 111. The van der Waals surface area contributed by atoms with Gasteiger partial charge in [-0.1, -0.05) is 13.8 Å². The van der Waals surface area contributed by atoms with Gasteiger partial charge in [-0.25, -0.2) is 8.78 Å². The Balaban J connectivity index is 2.51. The highest BCUT2D eigenvalue weighted by atomic mass is 19.1. The summed E-state index contributed by atoms with van der Waals surface area (Å²) in [5, 5.41) is 0. The number of halogens is 2. The minimum absolute atomic E-state index is 0.0470. The number of alkyl halides is 2. The molecule has 1 aliphatic rings. The van der Waals surface area contributed by atoms with Crippen LogP contribution in [-0.4, -0.2) is 12.3 Å². The summed E-state index contributed by atoms with van der Waals surface area (Å²) in [6.07, 6.45) is -0.336. The highest BCUT2D eigenvalue weighted by Crippen LogP contribution is 2.30. The van der Waals surface area contributed by atoms with Crippen molar-refractivity contribution in [1.29, 1.82) is 0 Å². The van der Waals surface area contributed by atoms with Crippen molar-refractivity contribution in [2.75, 3.05) is 0 Å². The quantitative estimate of drug-likeness (QED) is 0.480. The maximum atomic E-state index is 13.0. The maximum absolute atomic E-state index is 13.0. The molecule has 66 valence electrons. The summed E-state index contributed by atoms with van der Waals surface area (Å²) in [6, 6.07) is 0. The molecule has 1 fully saturated rings. The second-order valence-corrected chi connectivity index (χ2v) is 3.90. The molecule has 0 spiro atoms. The van der Waals surface area contributed by atoms with Crippen LogP contribution in [0, 0.1) is 11.8 Å². The zero-order chi connectivity index (χ0) is 8.43. The molecule has 11 heavy (non-hydrogen) atoms. The van der Waals surface area contributed by atoms with Crippen molar-refractivity contribution >= 4 is 0 Å². The van der Waals surface area contributed by atoms with E-state index < -0.39 is 12.3 Å². The second kappa shape index (κ2) is 3.51. The number of hydrogen-bond acceptors (Lipinski definition) is 0. The van der Waals surface area contributed by atoms with E-state index in [-0.39, 0.29) is 12.3 Å². The van der Waals surface area contributed by atoms with E-state index in [1.807, 2.05) is 13.8 Å². The molecule has 0 bridgehead atoms. The summed E-state index contributed by atoms with van der Waals surface area (Å²) in [5.41, 5.74) is 0. The minimum atomic E-state index is -0.921. The maximum Gasteiger partial charge on any atom is 0.105 e. The highest BCUT2D eigenvalue weighted by Gasteiger charge is 2.28. The molecule has 2 heteroatoms. The summed E-state index contributed by atoms with van der Waals surface area (Å²) in [4.78, 5) is 0. The van der Waals surface area contributed by atoms with Crippen LogP contribution in [0.15, 0.2) is 0 Å². The van der Waals surface area contributed by atoms with Gasteiger partial charge in [-0.05, 0) is 24.7 Å². The molecule has 1 rings (SSSR count). The van der Waals surface area contributed by atoms with Gasteiger partial charge in [-0.15, -0.1) is 0 Å². The Labute approximate surface area is 67.0 Å². The zero-order valence-electron chi connectivity index (χ0n) is 7.19. The van der Waals surface area contributed by atoms with E-state index in [1.165, 1.54) is 0 Å². The van der Waals surface area contributed by atoms with Crippen molar-refractivity contribution in [3.63, 3.8) is 0 Å². The van der Waals surface area contributed by atoms with Crippen molar-refractivity contribution in [3.05, 3.63) is 0 Å². The molecule has 0 aliphatic heterocycles. The fourth-order valence-corrected chi connectivity index (χ4v) is 1.89. The lowest BCUT2D eigenvalue weighted by Crippen LogP contribution is -2.13. The molecule has 0 aromatic carbocycles. The van der Waals surface area contributed by atoms with Gasteiger partial charge < -0.3 is 0 Å². The van der Waals surface area contributed by atoms with Gasteiger partial charge in [0.25, 0.3) is 0 Å². The minimum Gasteiger partial charge on any atom is -0.247 e. The second-order valence-electron chi connectivity index (χ2n) is 3.90. The molecule has 0 amide bonds. The van der Waals surface area contributed by atoms with Crippen molar-refractivity contribution in [3.8, 4) is 0 Å². The van der Waals surface area contributed by atoms with Crippen molar-refractivity contribution in [2.24, 2.45) is 11.8 Å². The molecule has 0 N–H and O–H groups in total. The van der Waals surface area contributed by atoms with Gasteiger partial charge in [0, 0.05) is 6.42 Å². The first-order chi connectivity index (χ1) is 5.09. The van der Waals surface area contributed by atoms with E-state index in [0.717, 1.165) is 6.42 Å². The average Bonchev–Trinajstić information content (AvgIpc) is 1.93. The van der Waals surface area contributed by atoms with Crippen LogP contribution in [0.5, 0.6) is 0 Å². The van der Waals surface area contributed by atoms with Gasteiger partial charge >= 0.3 is 0 Å². The third-order valence-electron chi connectivity index (χ3n) is 2.53. The van der Waals surface area contributed by atoms with Gasteiger partial charge in [0.2, 0.25) is 0 Å². The van der Waals surface area contributed by atoms with Gasteiger partial charge in [0.15, 0.2) is 0 Å². The fourth-order valence-electron chi connectivity index (χ4n) is 1.89. The normalized spacial score (nSPS) is 46.9. The largest absolute Gasteiger partial charge is 0.247 e. The van der Waals surface area contributed by atoms with E-state index >= 15 is 0 Å². The molecule has 0 nitrogen and oxygen atoms in total. The molecule has 0 aromatic heterocycles. The summed E-state index contributed by atoms with van der Waals surface area (Å²) in [7, 11) is 0. The molecule has 0 heterocycles. The molecule has 2 unspecified atom stereocenters. The van der Waals surface area contributed by atoms with Gasteiger partial charge in [-0.2, -0.15) is 0 Å². The van der Waals surface area contributed by atoms with Gasteiger partial charge in [0.05, 0.1) is 0 Å². The van der Waals surface area contributed by atoms with Crippen LogP contribution in [0.3, 0.4) is 0 Å². The summed E-state index contributed by atoms with van der Waals surface area (Å²) in [6.45, 7) is 3.88. The smallest absolute Gasteiger partial charge is 0.105 e. The summed E-state index contributed by atoms with van der Waals surface area (Å²) in [5.74, 6) is 0.395. The molecule has 1 aliphatic carbocycles. The third-order valence-corrected chi connectivity index (χ3v) is 2.53. The first-order valence-corrected chi connectivity index (χ1v) is 4.37. The molecule has 0 radical (unpaired) electrons. The molecular formula is C9H16F2. The van der Waals surface area contributed by atoms with E-state index in [2.05, 4.69) is 0 Å². The van der Waals surface area contributed by atoms with Crippen LogP contribution in [0.1, 0.15) is 33.1 Å². The predicted molar refractivity (Wildman–Crippen MR) is 42.0 cm³/mol. The summed E-state index contributed by atoms with van der Waals surface area (Å²) >= 11 is 0. The predicted octanol–water partition coefficient (Wildman–Crippen LogP) is 3.12. The zero-order valence-corrected chi connectivity index (χ0v) is 7.19. The summed E-state index contributed by atoms with van der Waals surface area (Å²) < 4.78 is 25.9. The lowest BCUT2D eigenvalue weighted by molar-refractivity contribution is 0.186. The van der Waals surface area contributed by atoms with Crippen LogP contribution in [-0.2, 0) is 0 Å². The number of rotatable bonds is 0. The van der Waals surface area contributed by atoms with E-state index in [9.17, 15) is 8.78 Å². The third kappa shape index (κ3) is 2.42. The Morgan fingerprint density at radius 1 is 1.00 bits per heavy atom.